The highest BCUT2D eigenvalue weighted by atomic mass is 16.2. The third-order valence-corrected chi connectivity index (χ3v) is 5.32. The molecule has 0 radical (unpaired) electrons. The van der Waals surface area contributed by atoms with Gasteiger partial charge in [0.2, 0.25) is 5.91 Å². The first-order chi connectivity index (χ1) is 12.7. The topological polar surface area (TPSA) is 49.4 Å². The lowest BCUT2D eigenvalue weighted by Crippen LogP contribution is -2.47. The molecule has 0 spiro atoms. The van der Waals surface area contributed by atoms with Gasteiger partial charge in [0.15, 0.2) is 0 Å². The molecule has 2 aromatic carbocycles. The fourth-order valence-corrected chi connectivity index (χ4v) is 3.55. The van der Waals surface area contributed by atoms with Crippen LogP contribution in [0.2, 0.25) is 0 Å². The van der Waals surface area contributed by atoms with Crippen LogP contribution < -0.4 is 5.32 Å². The summed E-state index contributed by atoms with van der Waals surface area (Å²) in [5.74, 6) is 0.562. The van der Waals surface area contributed by atoms with E-state index < -0.39 is 0 Å². The van der Waals surface area contributed by atoms with Crippen LogP contribution in [0, 0.1) is 5.92 Å². The molecule has 1 aliphatic carbocycles. The van der Waals surface area contributed by atoms with Gasteiger partial charge in [-0.15, -0.1) is 0 Å². The molecule has 0 bridgehead atoms. The Hall–Kier alpha value is -2.62. The second-order valence-electron chi connectivity index (χ2n) is 7.29. The molecule has 2 aliphatic rings. The first kappa shape index (κ1) is 16.8. The van der Waals surface area contributed by atoms with Gasteiger partial charge < -0.3 is 10.2 Å². The molecule has 1 N–H and O–H groups in total. The summed E-state index contributed by atoms with van der Waals surface area (Å²) in [4.78, 5) is 26.6. The molecule has 2 aromatic rings. The molecule has 0 atom stereocenters. The zero-order valence-electron chi connectivity index (χ0n) is 14.9. The van der Waals surface area contributed by atoms with Crippen LogP contribution in [0.3, 0.4) is 0 Å². The molecule has 2 amide bonds. The van der Waals surface area contributed by atoms with Gasteiger partial charge in [0.1, 0.15) is 0 Å². The lowest BCUT2D eigenvalue weighted by Gasteiger charge is -2.32. The van der Waals surface area contributed by atoms with Crippen LogP contribution in [0.25, 0.3) is 11.1 Å². The number of hydrogen-bond acceptors (Lipinski definition) is 2. The molecule has 26 heavy (non-hydrogen) atoms. The number of carbonyl (C=O) groups is 2. The third-order valence-electron chi connectivity index (χ3n) is 5.32. The van der Waals surface area contributed by atoms with Crippen LogP contribution in [0.15, 0.2) is 54.6 Å². The van der Waals surface area contributed by atoms with Gasteiger partial charge in [-0.1, -0.05) is 42.5 Å². The monoisotopic (exact) mass is 348 g/mol. The summed E-state index contributed by atoms with van der Waals surface area (Å²) in [6.45, 7) is 1.51. The summed E-state index contributed by atoms with van der Waals surface area (Å²) in [5.41, 5.74) is 2.93. The molecule has 0 aromatic heterocycles. The zero-order chi connectivity index (χ0) is 17.9. The van der Waals surface area contributed by atoms with Gasteiger partial charge in [-0.2, -0.15) is 0 Å². The van der Waals surface area contributed by atoms with Gasteiger partial charge in [0.25, 0.3) is 5.91 Å². The summed E-state index contributed by atoms with van der Waals surface area (Å²) in [6, 6.07) is 18.0. The molecule has 1 heterocycles. The van der Waals surface area contributed by atoms with Crippen LogP contribution in [-0.2, 0) is 4.79 Å². The maximum Gasteiger partial charge on any atom is 0.251 e. The minimum Gasteiger partial charge on any atom is -0.349 e. The minimum absolute atomic E-state index is 0.0309. The first-order valence-electron chi connectivity index (χ1n) is 9.46. The highest BCUT2D eigenvalue weighted by Crippen LogP contribution is 2.31. The Balaban J connectivity index is 1.31. The van der Waals surface area contributed by atoms with Crippen molar-refractivity contribution in [2.24, 2.45) is 5.92 Å². The second kappa shape index (κ2) is 7.32. The molecular formula is C22H24N2O2. The Kier molecular flexibility index (Phi) is 4.74. The number of hydrogen-bond donors (Lipinski definition) is 1. The quantitative estimate of drug-likeness (QED) is 0.919. The van der Waals surface area contributed by atoms with E-state index in [0.29, 0.717) is 11.5 Å². The van der Waals surface area contributed by atoms with E-state index in [-0.39, 0.29) is 17.9 Å². The predicted molar refractivity (Wildman–Crippen MR) is 102 cm³/mol. The predicted octanol–water partition coefficient (Wildman–Crippen LogP) is 3.48. The van der Waals surface area contributed by atoms with Crippen LogP contribution in [-0.4, -0.2) is 35.8 Å². The summed E-state index contributed by atoms with van der Waals surface area (Å²) >= 11 is 0. The molecule has 4 nitrogen and oxygen atoms in total. The molecular weight excluding hydrogens is 324 g/mol. The Labute approximate surface area is 154 Å². The van der Waals surface area contributed by atoms with E-state index in [4.69, 9.17) is 0 Å². The Morgan fingerprint density at radius 2 is 1.42 bits per heavy atom. The molecule has 134 valence electrons. The molecule has 4 rings (SSSR count). The van der Waals surface area contributed by atoms with Crippen molar-refractivity contribution >= 4 is 11.8 Å². The standard InChI is InChI=1S/C22H24N2O2/c25-21(18-8-6-17(7-9-18)16-4-2-1-3-5-16)23-20-12-14-24(15-13-20)22(26)19-10-11-19/h1-9,19-20H,10-15H2,(H,23,25). The van der Waals surface area contributed by atoms with Crippen molar-refractivity contribution in [3.63, 3.8) is 0 Å². The Bertz CT molecular complexity index is 774. The number of benzene rings is 2. The third kappa shape index (κ3) is 3.79. The van der Waals surface area contributed by atoms with Crippen molar-refractivity contribution in [1.29, 1.82) is 0 Å². The summed E-state index contributed by atoms with van der Waals surface area (Å²) in [6.07, 6.45) is 3.78. The maximum absolute atomic E-state index is 12.5. The van der Waals surface area contributed by atoms with Crippen LogP contribution in [0.1, 0.15) is 36.0 Å². The van der Waals surface area contributed by atoms with Crippen LogP contribution in [0.5, 0.6) is 0 Å². The van der Waals surface area contributed by atoms with E-state index >= 15 is 0 Å². The summed E-state index contributed by atoms with van der Waals surface area (Å²) < 4.78 is 0. The highest BCUT2D eigenvalue weighted by Gasteiger charge is 2.35. The second-order valence-corrected chi connectivity index (χ2v) is 7.29. The van der Waals surface area contributed by atoms with E-state index in [2.05, 4.69) is 17.4 Å². The van der Waals surface area contributed by atoms with E-state index in [1.54, 1.807) is 0 Å². The number of piperidine rings is 1. The van der Waals surface area contributed by atoms with Crippen molar-refractivity contribution in [2.75, 3.05) is 13.1 Å². The Morgan fingerprint density at radius 3 is 2.04 bits per heavy atom. The van der Waals surface area contributed by atoms with Gasteiger partial charge in [-0.25, -0.2) is 0 Å². The van der Waals surface area contributed by atoms with Crippen molar-refractivity contribution in [2.45, 2.75) is 31.7 Å². The number of nitrogens with one attached hydrogen (secondary N) is 1. The molecule has 1 aliphatic heterocycles. The van der Waals surface area contributed by atoms with Crippen molar-refractivity contribution in [3.8, 4) is 11.1 Å². The molecule has 0 unspecified atom stereocenters. The zero-order valence-corrected chi connectivity index (χ0v) is 14.9. The summed E-state index contributed by atoms with van der Waals surface area (Å²) in [5, 5.41) is 3.12. The number of amides is 2. The molecule has 1 saturated heterocycles. The number of carbonyl (C=O) groups excluding carboxylic acids is 2. The van der Waals surface area contributed by atoms with E-state index in [0.717, 1.165) is 49.9 Å². The normalized spacial score (nSPS) is 17.8. The van der Waals surface area contributed by atoms with E-state index in [9.17, 15) is 9.59 Å². The SMILES string of the molecule is O=C(NC1CCN(C(=O)C2CC2)CC1)c1ccc(-c2ccccc2)cc1. The fraction of sp³-hybridized carbons (Fsp3) is 0.364. The Morgan fingerprint density at radius 1 is 0.808 bits per heavy atom. The van der Waals surface area contributed by atoms with Gasteiger partial charge in [0, 0.05) is 30.6 Å². The number of nitrogens with zero attached hydrogens (tertiary/aromatic N) is 1. The molecule has 4 heteroatoms. The smallest absolute Gasteiger partial charge is 0.251 e. The summed E-state index contributed by atoms with van der Waals surface area (Å²) in [7, 11) is 0. The van der Waals surface area contributed by atoms with Gasteiger partial charge in [-0.05, 0) is 48.9 Å². The van der Waals surface area contributed by atoms with Crippen molar-refractivity contribution in [3.05, 3.63) is 60.2 Å². The molecule has 1 saturated carbocycles. The maximum atomic E-state index is 12.5. The van der Waals surface area contributed by atoms with Crippen LogP contribution >= 0.6 is 0 Å². The highest BCUT2D eigenvalue weighted by molar-refractivity contribution is 5.95. The van der Waals surface area contributed by atoms with Crippen molar-refractivity contribution < 1.29 is 9.59 Å². The first-order valence-corrected chi connectivity index (χ1v) is 9.46. The van der Waals surface area contributed by atoms with Gasteiger partial charge >= 0.3 is 0 Å². The average molecular weight is 348 g/mol. The lowest BCUT2D eigenvalue weighted by atomic mass is 10.0. The van der Waals surface area contributed by atoms with Gasteiger partial charge in [-0.3, -0.25) is 9.59 Å². The van der Waals surface area contributed by atoms with E-state index in [1.165, 1.54) is 0 Å². The number of rotatable bonds is 4. The average Bonchev–Trinajstić information content (AvgIpc) is 3.54. The lowest BCUT2D eigenvalue weighted by molar-refractivity contribution is -0.133. The largest absolute Gasteiger partial charge is 0.349 e. The number of likely N-dealkylation sites (tertiary alicyclic amines) is 1. The minimum atomic E-state index is -0.0309. The molecule has 2 fully saturated rings. The van der Waals surface area contributed by atoms with Gasteiger partial charge in [0.05, 0.1) is 0 Å². The van der Waals surface area contributed by atoms with Crippen LogP contribution in [0.4, 0.5) is 0 Å². The van der Waals surface area contributed by atoms with E-state index in [1.807, 2.05) is 47.4 Å². The fourth-order valence-electron chi connectivity index (χ4n) is 3.55. The van der Waals surface area contributed by atoms with Crippen molar-refractivity contribution in [1.82, 2.24) is 10.2 Å².